The minimum Gasteiger partial charge on any atom is -0.486 e. The predicted octanol–water partition coefficient (Wildman–Crippen LogP) is 3.07. The molecule has 3 atom stereocenters. The van der Waals surface area contributed by atoms with Gasteiger partial charge in [0.15, 0.2) is 23.1 Å². The zero-order chi connectivity index (χ0) is 22.7. The van der Waals surface area contributed by atoms with Crippen molar-refractivity contribution in [2.75, 3.05) is 37.8 Å². The fourth-order valence-corrected chi connectivity index (χ4v) is 4.24. The van der Waals surface area contributed by atoms with Crippen LogP contribution in [0.5, 0.6) is 11.5 Å². The van der Waals surface area contributed by atoms with Crippen molar-refractivity contribution in [2.24, 2.45) is 0 Å². The van der Waals surface area contributed by atoms with Gasteiger partial charge in [-0.1, -0.05) is 0 Å². The van der Waals surface area contributed by atoms with Crippen LogP contribution in [0, 0.1) is 11.9 Å². The number of halogens is 2. The molecule has 8 nitrogen and oxygen atoms in total. The lowest BCUT2D eigenvalue weighted by molar-refractivity contribution is 0.180. The first-order valence-electron chi connectivity index (χ1n) is 11.0. The van der Waals surface area contributed by atoms with Gasteiger partial charge in [-0.15, -0.1) is 0 Å². The average Bonchev–Trinajstić information content (AvgIpc) is 3.41. The van der Waals surface area contributed by atoms with Gasteiger partial charge in [0.25, 0.3) is 0 Å². The number of aromatic nitrogens is 2. The molecule has 0 radical (unpaired) electrons. The molecule has 174 valence electrons. The summed E-state index contributed by atoms with van der Waals surface area (Å²) < 4.78 is 40.1. The molecule has 4 heterocycles. The lowest BCUT2D eigenvalue weighted by atomic mass is 10.1. The topological polar surface area (TPSA) is 97.6 Å². The molecule has 2 fully saturated rings. The lowest BCUT2D eigenvalue weighted by Crippen LogP contribution is -2.36. The predicted molar refractivity (Wildman–Crippen MR) is 118 cm³/mol. The van der Waals surface area contributed by atoms with Gasteiger partial charge in [0.05, 0.1) is 5.69 Å². The molecule has 0 amide bonds. The summed E-state index contributed by atoms with van der Waals surface area (Å²) in [7, 11) is 2.03. The highest BCUT2D eigenvalue weighted by atomic mass is 19.1. The maximum atomic E-state index is 14.1. The number of likely N-dealkylation sites (N-methyl/N-ethyl adjacent to an activating group) is 1. The van der Waals surface area contributed by atoms with E-state index >= 15 is 0 Å². The van der Waals surface area contributed by atoms with E-state index in [2.05, 4.69) is 25.5 Å². The molecule has 0 aromatic carbocycles. The van der Waals surface area contributed by atoms with E-state index in [9.17, 15) is 8.78 Å². The average molecular weight is 449 g/mol. The summed E-state index contributed by atoms with van der Waals surface area (Å²) in [6.07, 6.45) is 4.01. The van der Waals surface area contributed by atoms with Crippen molar-refractivity contribution >= 4 is 17.3 Å². The highest BCUT2D eigenvalue weighted by Gasteiger charge is 2.25. The molecule has 2 aromatic rings. The molecular weight excluding hydrogens is 418 g/mol. The van der Waals surface area contributed by atoms with Crippen molar-refractivity contribution < 1.29 is 18.3 Å². The highest BCUT2D eigenvalue weighted by molar-refractivity contribution is 5.71. The molecule has 32 heavy (non-hydrogen) atoms. The van der Waals surface area contributed by atoms with Gasteiger partial charge in [-0.25, -0.2) is 0 Å². The number of pyridine rings is 2. The summed E-state index contributed by atoms with van der Waals surface area (Å²) in [6, 6.07) is 4.24. The Bertz CT molecular complexity index is 941. The number of rotatable bonds is 8. The van der Waals surface area contributed by atoms with E-state index in [4.69, 9.17) is 15.2 Å². The Hall–Kier alpha value is -2.72. The fourth-order valence-electron chi connectivity index (χ4n) is 4.24. The second kappa shape index (κ2) is 9.83. The maximum Gasteiger partial charge on any atom is 0.217 e. The summed E-state index contributed by atoms with van der Waals surface area (Å²) in [4.78, 5) is 10.0. The van der Waals surface area contributed by atoms with Crippen LogP contribution < -0.4 is 25.8 Å². The molecule has 10 heteroatoms. The summed E-state index contributed by atoms with van der Waals surface area (Å²) in [5, 5.41) is 6.27. The third kappa shape index (κ3) is 5.18. The van der Waals surface area contributed by atoms with Crippen LogP contribution in [0.1, 0.15) is 32.6 Å². The van der Waals surface area contributed by atoms with Crippen molar-refractivity contribution in [1.82, 2.24) is 20.2 Å². The Morgan fingerprint density at radius 1 is 1.22 bits per heavy atom. The van der Waals surface area contributed by atoms with E-state index < -0.39 is 11.9 Å². The monoisotopic (exact) mass is 448 g/mol. The Morgan fingerprint density at radius 2 is 2.03 bits per heavy atom. The minimum atomic E-state index is -0.780. The van der Waals surface area contributed by atoms with Crippen molar-refractivity contribution in [3.8, 4) is 11.5 Å². The number of hydrogen-bond acceptors (Lipinski definition) is 8. The zero-order valence-corrected chi connectivity index (χ0v) is 18.4. The van der Waals surface area contributed by atoms with Crippen molar-refractivity contribution in [3.63, 3.8) is 0 Å². The molecule has 2 aliphatic rings. The Balaban J connectivity index is 1.57. The molecule has 0 aliphatic carbocycles. The van der Waals surface area contributed by atoms with Crippen LogP contribution in [0.3, 0.4) is 0 Å². The van der Waals surface area contributed by atoms with Crippen LogP contribution in [0.25, 0.3) is 0 Å². The van der Waals surface area contributed by atoms with E-state index in [1.807, 2.05) is 14.0 Å². The van der Waals surface area contributed by atoms with E-state index in [0.717, 1.165) is 44.8 Å². The largest absolute Gasteiger partial charge is 0.486 e. The number of nitrogen functional groups attached to an aromatic ring is 1. The zero-order valence-electron chi connectivity index (χ0n) is 18.4. The summed E-state index contributed by atoms with van der Waals surface area (Å²) in [5.74, 6) is -0.843. The van der Waals surface area contributed by atoms with E-state index in [0.29, 0.717) is 12.4 Å². The Kier molecular flexibility index (Phi) is 6.90. The van der Waals surface area contributed by atoms with Crippen LogP contribution in [-0.4, -0.2) is 59.8 Å². The van der Waals surface area contributed by atoms with Crippen LogP contribution in [0.15, 0.2) is 18.2 Å². The van der Waals surface area contributed by atoms with Gasteiger partial charge in [-0.3, -0.25) is 0 Å². The second-order valence-corrected chi connectivity index (χ2v) is 8.43. The number of nitrogens with two attached hydrogens (primary N) is 1. The molecule has 2 aliphatic heterocycles. The summed E-state index contributed by atoms with van der Waals surface area (Å²) in [5.41, 5.74) is 6.13. The second-order valence-electron chi connectivity index (χ2n) is 8.43. The normalized spacial score (nSPS) is 22.1. The number of hydrogen-bond donors (Lipinski definition) is 3. The molecule has 4 N–H and O–H groups in total. The molecule has 0 saturated carbocycles. The van der Waals surface area contributed by atoms with E-state index in [1.54, 1.807) is 0 Å². The molecule has 2 aromatic heterocycles. The number of nitrogens with one attached hydrogen (secondary N) is 2. The minimum absolute atomic E-state index is 0.0257. The SMILES string of the molecule is CC(Oc1ccc(F)nc1Nc1nc(F)cc(N)c1OC[C@H]1CCCN1C)[C@@H]1CCCN1. The van der Waals surface area contributed by atoms with Gasteiger partial charge in [0.1, 0.15) is 12.7 Å². The fraction of sp³-hybridized carbons (Fsp3) is 0.545. The quantitative estimate of drug-likeness (QED) is 0.530. The van der Waals surface area contributed by atoms with Gasteiger partial charge in [0, 0.05) is 18.2 Å². The van der Waals surface area contributed by atoms with Gasteiger partial charge in [-0.05, 0) is 64.9 Å². The van der Waals surface area contributed by atoms with Crippen LogP contribution in [-0.2, 0) is 0 Å². The Morgan fingerprint density at radius 3 is 2.75 bits per heavy atom. The summed E-state index contributed by atoms with van der Waals surface area (Å²) in [6.45, 7) is 4.26. The summed E-state index contributed by atoms with van der Waals surface area (Å²) >= 11 is 0. The third-order valence-corrected chi connectivity index (χ3v) is 6.10. The number of nitrogens with zero attached hydrogens (tertiary/aromatic N) is 3. The van der Waals surface area contributed by atoms with E-state index in [-0.39, 0.29) is 41.3 Å². The van der Waals surface area contributed by atoms with Gasteiger partial charge in [0.2, 0.25) is 11.9 Å². The molecule has 0 spiro atoms. The molecule has 1 unspecified atom stereocenters. The van der Waals surface area contributed by atoms with Gasteiger partial charge >= 0.3 is 0 Å². The molecule has 4 rings (SSSR count). The third-order valence-electron chi connectivity index (χ3n) is 6.10. The molecule has 0 bridgehead atoms. The van der Waals surface area contributed by atoms with E-state index in [1.165, 1.54) is 12.1 Å². The van der Waals surface area contributed by atoms with Crippen LogP contribution in [0.4, 0.5) is 26.1 Å². The maximum absolute atomic E-state index is 14.1. The first kappa shape index (κ1) is 22.5. The molecule has 2 saturated heterocycles. The van der Waals surface area contributed by atoms with Crippen molar-refractivity contribution in [3.05, 3.63) is 30.1 Å². The standard InChI is InChI=1S/C22H30F2N6O2/c1-13(16-6-3-9-26-16)32-17-7-8-18(23)27-21(17)29-22-20(15(25)11-19(24)28-22)31-12-14-5-4-10-30(14)2/h7-8,11,13-14,16,26H,3-6,9-10,12H2,1-2H3,(H3,25,27,28,29)/t13?,14-,16+/m1/s1. The number of anilines is 3. The van der Waals surface area contributed by atoms with Crippen molar-refractivity contribution in [1.29, 1.82) is 0 Å². The first-order chi connectivity index (χ1) is 15.4. The van der Waals surface area contributed by atoms with Gasteiger partial charge in [-0.2, -0.15) is 18.7 Å². The van der Waals surface area contributed by atoms with Crippen molar-refractivity contribution in [2.45, 2.75) is 50.8 Å². The van der Waals surface area contributed by atoms with Crippen LogP contribution in [0.2, 0.25) is 0 Å². The number of likely N-dealkylation sites (tertiary alicyclic amines) is 1. The lowest BCUT2D eigenvalue weighted by Gasteiger charge is -2.23. The first-order valence-corrected chi connectivity index (χ1v) is 11.0. The van der Waals surface area contributed by atoms with Crippen LogP contribution >= 0.6 is 0 Å². The highest BCUT2D eigenvalue weighted by Crippen LogP contribution is 2.35. The number of ether oxygens (including phenoxy) is 2. The van der Waals surface area contributed by atoms with Gasteiger partial charge < -0.3 is 30.7 Å². The smallest absolute Gasteiger partial charge is 0.217 e. The Labute approximate surface area is 186 Å². The molecular formula is C22H30F2N6O2.